The van der Waals surface area contributed by atoms with Gasteiger partial charge >= 0.3 is 0 Å². The summed E-state index contributed by atoms with van der Waals surface area (Å²) in [5, 5.41) is 11.5. The van der Waals surface area contributed by atoms with Crippen LogP contribution in [-0.2, 0) is 14.6 Å². The fraction of sp³-hybridized carbons (Fsp3) is 0.176. The zero-order valence-electron chi connectivity index (χ0n) is 15.4. The summed E-state index contributed by atoms with van der Waals surface area (Å²) in [4.78, 5) is 22.9. The molecule has 0 unspecified atom stereocenters. The number of aromatic nitrogens is 3. The molecular formula is C17H16N6O5S. The van der Waals surface area contributed by atoms with Gasteiger partial charge in [-0.2, -0.15) is 10.2 Å². The van der Waals surface area contributed by atoms with E-state index in [-0.39, 0.29) is 33.7 Å². The van der Waals surface area contributed by atoms with Crippen molar-refractivity contribution < 1.29 is 22.7 Å². The number of sulfone groups is 1. The van der Waals surface area contributed by atoms with E-state index >= 15 is 0 Å². The van der Waals surface area contributed by atoms with Gasteiger partial charge < -0.3 is 25.5 Å². The number of nitrogen functional groups attached to an aromatic ring is 1. The van der Waals surface area contributed by atoms with Crippen LogP contribution < -0.4 is 20.5 Å². The number of imidazole rings is 1. The number of nitrogens with zero attached hydrogens (tertiary/aromatic N) is 3. The van der Waals surface area contributed by atoms with Crippen molar-refractivity contribution in [2.75, 3.05) is 31.0 Å². The number of carbonyl (C=O) groups excluding carboxylic acids is 1. The second kappa shape index (κ2) is 7.64. The Balaban J connectivity index is 1.71. The van der Waals surface area contributed by atoms with Crippen LogP contribution in [0, 0.1) is 11.3 Å². The molecule has 12 heteroatoms. The molecule has 0 fully saturated rings. The zero-order valence-corrected chi connectivity index (χ0v) is 16.2. The molecule has 0 aliphatic rings. The average molecular weight is 416 g/mol. The highest BCUT2D eigenvalue weighted by atomic mass is 32.2. The van der Waals surface area contributed by atoms with Crippen LogP contribution >= 0.6 is 0 Å². The maximum atomic E-state index is 12.1. The van der Waals surface area contributed by atoms with Crippen LogP contribution in [0.3, 0.4) is 0 Å². The molecule has 0 radical (unpaired) electrons. The summed E-state index contributed by atoms with van der Waals surface area (Å²) in [5.74, 6) is -0.370. The number of aromatic amines is 1. The summed E-state index contributed by atoms with van der Waals surface area (Å²) in [6.45, 7) is -0.404. The van der Waals surface area contributed by atoms with Crippen LogP contribution in [0.15, 0.2) is 29.3 Å². The van der Waals surface area contributed by atoms with Crippen LogP contribution in [-0.4, -0.2) is 49.2 Å². The Morgan fingerprint density at radius 3 is 2.83 bits per heavy atom. The minimum absolute atomic E-state index is 0.0188. The van der Waals surface area contributed by atoms with E-state index in [9.17, 15) is 13.2 Å². The third kappa shape index (κ3) is 4.19. The van der Waals surface area contributed by atoms with Gasteiger partial charge in [-0.1, -0.05) is 0 Å². The highest BCUT2D eigenvalue weighted by Gasteiger charge is 2.16. The lowest BCUT2D eigenvalue weighted by atomic mass is 10.3. The highest BCUT2D eigenvalue weighted by molar-refractivity contribution is 7.90. The molecule has 3 aromatic rings. The fourth-order valence-corrected chi connectivity index (χ4v) is 3.36. The van der Waals surface area contributed by atoms with Gasteiger partial charge in [0.1, 0.15) is 22.2 Å². The number of nitrogens with one attached hydrogen (secondary N) is 2. The number of hydrogen-bond acceptors (Lipinski definition) is 9. The summed E-state index contributed by atoms with van der Waals surface area (Å²) in [7, 11) is -2.19. The minimum atomic E-state index is -3.55. The molecule has 4 N–H and O–H groups in total. The van der Waals surface area contributed by atoms with Gasteiger partial charge in [0.25, 0.3) is 11.9 Å². The summed E-state index contributed by atoms with van der Waals surface area (Å²) in [5.41, 5.74) is 6.97. The lowest BCUT2D eigenvalue weighted by molar-refractivity contribution is -0.118. The van der Waals surface area contributed by atoms with E-state index in [1.165, 1.54) is 31.5 Å². The number of benzene rings is 1. The number of anilines is 2. The molecule has 0 atom stereocenters. The van der Waals surface area contributed by atoms with Crippen molar-refractivity contribution in [2.45, 2.75) is 4.90 Å². The Labute approximate surface area is 165 Å². The van der Waals surface area contributed by atoms with Crippen LogP contribution in [0.5, 0.6) is 11.8 Å². The zero-order chi connectivity index (χ0) is 21.2. The molecule has 1 aromatic carbocycles. The molecule has 0 saturated heterocycles. The highest BCUT2D eigenvalue weighted by Crippen LogP contribution is 2.27. The number of rotatable bonds is 6. The van der Waals surface area contributed by atoms with Crippen LogP contribution in [0.4, 0.5) is 11.4 Å². The van der Waals surface area contributed by atoms with Gasteiger partial charge in [-0.3, -0.25) is 4.79 Å². The average Bonchev–Trinajstić information content (AvgIpc) is 3.10. The number of carbonyl (C=O) groups is 1. The molecular weight excluding hydrogens is 400 g/mol. The van der Waals surface area contributed by atoms with Gasteiger partial charge in [0, 0.05) is 11.9 Å². The molecule has 29 heavy (non-hydrogen) atoms. The smallest absolute Gasteiger partial charge is 0.295 e. The molecule has 150 valence electrons. The fourth-order valence-electron chi connectivity index (χ4n) is 2.51. The van der Waals surface area contributed by atoms with E-state index in [1.54, 1.807) is 0 Å². The van der Waals surface area contributed by atoms with Crippen molar-refractivity contribution in [3.8, 4) is 17.8 Å². The number of pyridine rings is 1. The predicted octanol–water partition coefficient (Wildman–Crippen LogP) is 0.841. The molecule has 0 saturated carbocycles. The van der Waals surface area contributed by atoms with Crippen LogP contribution in [0.1, 0.15) is 5.69 Å². The van der Waals surface area contributed by atoms with Crippen molar-refractivity contribution in [1.29, 1.82) is 5.26 Å². The van der Waals surface area contributed by atoms with Gasteiger partial charge in [-0.05, 0) is 18.2 Å². The second-order valence-electron chi connectivity index (χ2n) is 5.91. The number of ether oxygens (including phenoxy) is 2. The summed E-state index contributed by atoms with van der Waals surface area (Å²) < 4.78 is 34.0. The lowest BCUT2D eigenvalue weighted by Crippen LogP contribution is -2.20. The maximum Gasteiger partial charge on any atom is 0.295 e. The number of H-pyrrole nitrogens is 1. The summed E-state index contributed by atoms with van der Waals surface area (Å²) >= 11 is 0. The van der Waals surface area contributed by atoms with Gasteiger partial charge in [0.2, 0.25) is 0 Å². The molecule has 1 amide bonds. The first kappa shape index (κ1) is 19.9. The number of nitrogens with two attached hydrogens (primary N) is 1. The molecule has 2 heterocycles. The third-order valence-electron chi connectivity index (χ3n) is 3.84. The van der Waals surface area contributed by atoms with Gasteiger partial charge in [-0.25, -0.2) is 13.4 Å². The van der Waals surface area contributed by atoms with E-state index < -0.39 is 22.4 Å². The SMILES string of the molecule is COc1ccc(NC(=O)COc2nc3c(N)c(C#N)ncc3[nH]2)cc1S(C)(=O)=O. The van der Waals surface area contributed by atoms with E-state index in [2.05, 4.69) is 20.3 Å². The molecule has 2 aromatic heterocycles. The Hall–Kier alpha value is -3.85. The molecule has 11 nitrogen and oxygen atoms in total. The van der Waals surface area contributed by atoms with Gasteiger partial charge in [-0.15, -0.1) is 0 Å². The van der Waals surface area contributed by atoms with Crippen molar-refractivity contribution in [1.82, 2.24) is 15.0 Å². The molecule has 0 bridgehead atoms. The third-order valence-corrected chi connectivity index (χ3v) is 4.95. The van der Waals surface area contributed by atoms with Crippen molar-refractivity contribution in [3.63, 3.8) is 0 Å². The first-order valence-corrected chi connectivity index (χ1v) is 9.97. The quantitative estimate of drug-likeness (QED) is 0.526. The second-order valence-corrected chi connectivity index (χ2v) is 7.90. The predicted molar refractivity (Wildman–Crippen MR) is 103 cm³/mol. The van der Waals surface area contributed by atoms with Crippen molar-refractivity contribution in [3.05, 3.63) is 30.1 Å². The number of fused-ring (bicyclic) bond motifs is 1. The monoisotopic (exact) mass is 416 g/mol. The molecule has 3 rings (SSSR count). The normalized spacial score (nSPS) is 11.1. The number of hydrogen-bond donors (Lipinski definition) is 3. The molecule has 0 aliphatic heterocycles. The lowest BCUT2D eigenvalue weighted by Gasteiger charge is -2.10. The van der Waals surface area contributed by atoms with E-state index in [0.717, 1.165) is 6.26 Å². The van der Waals surface area contributed by atoms with Crippen LogP contribution in [0.2, 0.25) is 0 Å². The summed E-state index contributed by atoms with van der Waals surface area (Å²) in [6, 6.07) is 6.11. The van der Waals surface area contributed by atoms with Crippen molar-refractivity contribution in [2.24, 2.45) is 0 Å². The molecule has 0 spiro atoms. The largest absolute Gasteiger partial charge is 0.495 e. The molecule has 0 aliphatic carbocycles. The van der Waals surface area contributed by atoms with E-state index in [4.69, 9.17) is 20.5 Å². The van der Waals surface area contributed by atoms with Gasteiger partial charge in [0.15, 0.2) is 22.1 Å². The van der Waals surface area contributed by atoms with Crippen molar-refractivity contribution >= 4 is 38.2 Å². The Morgan fingerprint density at radius 2 is 2.17 bits per heavy atom. The Bertz CT molecular complexity index is 1250. The Morgan fingerprint density at radius 1 is 1.41 bits per heavy atom. The van der Waals surface area contributed by atoms with Gasteiger partial charge in [0.05, 0.1) is 24.5 Å². The first-order valence-electron chi connectivity index (χ1n) is 8.08. The number of amides is 1. The van der Waals surface area contributed by atoms with E-state index in [0.29, 0.717) is 11.0 Å². The van der Waals surface area contributed by atoms with E-state index in [1.807, 2.05) is 6.07 Å². The standard InChI is InChI=1S/C17H16N6O5S/c1-27-12-4-3-9(5-13(12)29(2,25)26)21-14(24)8-28-17-22-11-7-20-10(6-18)15(19)16(11)23-17/h3-5,7H,8,19H2,1-2H3,(H,21,24)(H,22,23). The minimum Gasteiger partial charge on any atom is -0.495 e. The van der Waals surface area contributed by atoms with Crippen LogP contribution in [0.25, 0.3) is 11.0 Å². The first-order chi connectivity index (χ1) is 13.7. The maximum absolute atomic E-state index is 12.1. The Kier molecular flexibility index (Phi) is 5.24. The number of methoxy groups -OCH3 is 1. The topological polar surface area (TPSA) is 173 Å². The number of nitriles is 1. The summed E-state index contributed by atoms with van der Waals surface area (Å²) in [6.07, 6.45) is 2.42.